The number of Topliss-reactive ketones (excluding diaryl/α,β-unsaturated/α-hetero) is 1. The zero-order chi connectivity index (χ0) is 18.7. The topological polar surface area (TPSA) is 88.6 Å². The van der Waals surface area contributed by atoms with Crippen molar-refractivity contribution >= 4 is 40.6 Å². The summed E-state index contributed by atoms with van der Waals surface area (Å²) in [5.74, 6) is -0.136. The lowest BCUT2D eigenvalue weighted by Gasteiger charge is -2.29. The fourth-order valence-corrected chi connectivity index (χ4v) is 2.76. The Kier molecular flexibility index (Phi) is 5.18. The van der Waals surface area contributed by atoms with Gasteiger partial charge in [-0.2, -0.15) is 0 Å². The number of carbonyl (C=O) groups excluding carboxylic acids is 3. The summed E-state index contributed by atoms with van der Waals surface area (Å²) in [4.78, 5) is 41.3. The number of rotatable bonds is 5. The lowest BCUT2D eigenvalue weighted by molar-refractivity contribution is -0.121. The summed E-state index contributed by atoms with van der Waals surface area (Å²) in [6.45, 7) is 1.51. The quantitative estimate of drug-likeness (QED) is 0.643. The van der Waals surface area contributed by atoms with E-state index in [0.717, 1.165) is 0 Å². The second-order valence-electron chi connectivity index (χ2n) is 5.74. The number of amides is 2. The Morgan fingerprint density at radius 2 is 2.12 bits per heavy atom. The highest BCUT2D eigenvalue weighted by molar-refractivity contribution is 6.29. The van der Waals surface area contributed by atoms with Gasteiger partial charge in [0.1, 0.15) is 10.9 Å². The van der Waals surface area contributed by atoms with E-state index in [1.807, 2.05) is 0 Å². The van der Waals surface area contributed by atoms with Crippen LogP contribution in [0, 0.1) is 0 Å². The first kappa shape index (κ1) is 17.9. The maximum Gasteiger partial charge on any atom is 0.265 e. The lowest BCUT2D eigenvalue weighted by atomic mass is 10.1. The van der Waals surface area contributed by atoms with E-state index in [1.54, 1.807) is 24.3 Å². The second-order valence-corrected chi connectivity index (χ2v) is 6.13. The van der Waals surface area contributed by atoms with Crippen molar-refractivity contribution in [2.45, 2.75) is 13.3 Å². The van der Waals surface area contributed by atoms with Crippen molar-refractivity contribution in [1.82, 2.24) is 4.98 Å². The van der Waals surface area contributed by atoms with Crippen LogP contribution < -0.4 is 15.0 Å². The molecule has 0 spiro atoms. The highest BCUT2D eigenvalue weighted by Crippen LogP contribution is 2.33. The monoisotopic (exact) mass is 373 g/mol. The molecule has 1 aromatic carbocycles. The average Bonchev–Trinajstić information content (AvgIpc) is 2.60. The van der Waals surface area contributed by atoms with E-state index in [0.29, 0.717) is 22.7 Å². The Morgan fingerprint density at radius 1 is 1.31 bits per heavy atom. The van der Waals surface area contributed by atoms with Crippen LogP contribution in [0.15, 0.2) is 36.5 Å². The Morgan fingerprint density at radius 3 is 2.85 bits per heavy atom. The van der Waals surface area contributed by atoms with Crippen molar-refractivity contribution in [2.24, 2.45) is 0 Å². The number of halogens is 1. The van der Waals surface area contributed by atoms with Crippen molar-refractivity contribution in [2.75, 3.05) is 23.4 Å². The molecule has 1 aromatic heterocycles. The van der Waals surface area contributed by atoms with E-state index in [1.165, 1.54) is 24.1 Å². The van der Waals surface area contributed by atoms with Gasteiger partial charge in [0.25, 0.3) is 5.91 Å². The number of hydrogen-bond donors (Lipinski definition) is 1. The molecule has 0 aliphatic carbocycles. The first-order chi connectivity index (χ1) is 12.4. The van der Waals surface area contributed by atoms with Gasteiger partial charge in [0.05, 0.1) is 5.69 Å². The summed E-state index contributed by atoms with van der Waals surface area (Å²) in [7, 11) is 0. The molecular weight excluding hydrogens is 358 g/mol. The van der Waals surface area contributed by atoms with E-state index in [-0.39, 0.29) is 42.3 Å². The Balaban J connectivity index is 1.71. The molecule has 0 saturated heterocycles. The number of ether oxygens (including phenoxy) is 1. The molecule has 2 amide bonds. The molecule has 0 bridgehead atoms. The van der Waals surface area contributed by atoms with Gasteiger partial charge in [-0.15, -0.1) is 0 Å². The molecular formula is C18H16ClN3O4. The third kappa shape index (κ3) is 4.00. The van der Waals surface area contributed by atoms with E-state index in [2.05, 4.69) is 10.3 Å². The number of nitrogens with zero attached hydrogens (tertiary/aromatic N) is 2. The molecule has 0 unspecified atom stereocenters. The van der Waals surface area contributed by atoms with Gasteiger partial charge >= 0.3 is 0 Å². The minimum absolute atomic E-state index is 0.0788. The molecule has 7 nitrogen and oxygen atoms in total. The summed E-state index contributed by atoms with van der Waals surface area (Å²) in [5, 5.41) is 2.98. The van der Waals surface area contributed by atoms with Crippen LogP contribution in [0.4, 0.5) is 11.4 Å². The molecule has 2 aromatic rings. The second kappa shape index (κ2) is 7.53. The number of anilines is 2. The van der Waals surface area contributed by atoms with Crippen LogP contribution in [0.25, 0.3) is 0 Å². The molecule has 1 N–H and O–H groups in total. The van der Waals surface area contributed by atoms with Crippen LogP contribution in [-0.2, 0) is 9.59 Å². The van der Waals surface area contributed by atoms with Gasteiger partial charge in [-0.1, -0.05) is 11.6 Å². The maximum absolute atomic E-state index is 12.2. The summed E-state index contributed by atoms with van der Waals surface area (Å²) in [5.41, 5.74) is 1.50. The third-order valence-electron chi connectivity index (χ3n) is 3.88. The first-order valence-electron chi connectivity index (χ1n) is 7.93. The summed E-state index contributed by atoms with van der Waals surface area (Å²) in [6, 6.07) is 8.07. The van der Waals surface area contributed by atoms with Crippen molar-refractivity contribution < 1.29 is 19.1 Å². The Labute approximate surface area is 154 Å². The number of nitrogens with one attached hydrogen (secondary N) is 1. The first-order valence-corrected chi connectivity index (χ1v) is 8.31. The summed E-state index contributed by atoms with van der Waals surface area (Å²) >= 11 is 5.79. The van der Waals surface area contributed by atoms with Crippen molar-refractivity contribution in [3.63, 3.8) is 0 Å². The Bertz CT molecular complexity index is 884. The van der Waals surface area contributed by atoms with Gasteiger partial charge in [-0.25, -0.2) is 4.98 Å². The van der Waals surface area contributed by atoms with Gasteiger partial charge in [0.15, 0.2) is 12.4 Å². The van der Waals surface area contributed by atoms with Gasteiger partial charge in [0, 0.05) is 30.4 Å². The molecule has 2 heterocycles. The molecule has 0 fully saturated rings. The molecule has 134 valence electrons. The maximum atomic E-state index is 12.2. The number of hydrogen-bond acceptors (Lipinski definition) is 5. The highest BCUT2D eigenvalue weighted by Gasteiger charge is 2.26. The SMILES string of the molecule is CC(=O)c1ccc2c(c1)N(CCC(=O)Nc1ccnc(Cl)c1)C(=O)CO2. The number of benzene rings is 1. The van der Waals surface area contributed by atoms with Gasteiger partial charge in [-0.05, 0) is 37.3 Å². The largest absolute Gasteiger partial charge is 0.482 e. The van der Waals surface area contributed by atoms with E-state index in [4.69, 9.17) is 16.3 Å². The van der Waals surface area contributed by atoms with Crippen LogP contribution >= 0.6 is 11.6 Å². The molecule has 0 saturated carbocycles. The van der Waals surface area contributed by atoms with Crippen molar-refractivity contribution in [1.29, 1.82) is 0 Å². The number of carbonyl (C=O) groups is 3. The van der Waals surface area contributed by atoms with E-state index in [9.17, 15) is 14.4 Å². The van der Waals surface area contributed by atoms with Gasteiger partial charge in [0.2, 0.25) is 5.91 Å². The zero-order valence-electron chi connectivity index (χ0n) is 14.0. The summed E-state index contributed by atoms with van der Waals surface area (Å²) < 4.78 is 5.39. The molecule has 1 aliphatic heterocycles. The molecule has 0 atom stereocenters. The van der Waals surface area contributed by atoms with Crippen LogP contribution in [0.3, 0.4) is 0 Å². The minimum atomic E-state index is -0.268. The predicted molar refractivity (Wildman–Crippen MR) is 96.8 cm³/mol. The summed E-state index contributed by atoms with van der Waals surface area (Å²) in [6.07, 6.45) is 1.57. The molecule has 1 aliphatic rings. The van der Waals surface area contributed by atoms with Crippen LogP contribution in [0.2, 0.25) is 5.15 Å². The molecule has 0 radical (unpaired) electrons. The number of ketones is 1. The predicted octanol–water partition coefficient (Wildman–Crippen LogP) is 2.69. The van der Waals surface area contributed by atoms with E-state index >= 15 is 0 Å². The fraction of sp³-hybridized carbons (Fsp3) is 0.222. The number of aromatic nitrogens is 1. The lowest BCUT2D eigenvalue weighted by Crippen LogP contribution is -2.40. The smallest absolute Gasteiger partial charge is 0.265 e. The number of pyridine rings is 1. The van der Waals surface area contributed by atoms with Crippen LogP contribution in [-0.4, -0.2) is 35.7 Å². The van der Waals surface area contributed by atoms with E-state index < -0.39 is 0 Å². The van der Waals surface area contributed by atoms with Crippen molar-refractivity contribution in [3.05, 3.63) is 47.2 Å². The zero-order valence-corrected chi connectivity index (χ0v) is 14.7. The van der Waals surface area contributed by atoms with Gasteiger partial charge in [-0.3, -0.25) is 14.4 Å². The fourth-order valence-electron chi connectivity index (χ4n) is 2.58. The average molecular weight is 374 g/mol. The minimum Gasteiger partial charge on any atom is -0.482 e. The molecule has 8 heteroatoms. The van der Waals surface area contributed by atoms with Crippen LogP contribution in [0.5, 0.6) is 5.75 Å². The van der Waals surface area contributed by atoms with Crippen LogP contribution in [0.1, 0.15) is 23.7 Å². The van der Waals surface area contributed by atoms with Crippen molar-refractivity contribution in [3.8, 4) is 5.75 Å². The molecule has 26 heavy (non-hydrogen) atoms. The third-order valence-corrected chi connectivity index (χ3v) is 4.09. The normalized spacial score (nSPS) is 13.0. The highest BCUT2D eigenvalue weighted by atomic mass is 35.5. The standard InChI is InChI=1S/C18H16ClN3O4/c1-11(23)12-2-3-15-14(8-12)22(18(25)10-26-15)7-5-17(24)21-13-4-6-20-16(19)9-13/h2-4,6,8-9H,5,7,10H2,1H3,(H,20,21,24). The molecule has 3 rings (SSSR count). The number of fused-ring (bicyclic) bond motifs is 1. The van der Waals surface area contributed by atoms with Gasteiger partial charge < -0.3 is 15.0 Å². The Hall–Kier alpha value is -2.93.